The number of sulfonamides is 1. The maximum atomic E-state index is 13.1. The summed E-state index contributed by atoms with van der Waals surface area (Å²) in [5, 5.41) is 0. The van der Waals surface area contributed by atoms with Gasteiger partial charge in [-0.1, -0.05) is 6.07 Å². The summed E-state index contributed by atoms with van der Waals surface area (Å²) in [5.74, 6) is -1.74. The smallest absolute Gasteiger partial charge is 0.262 e. The van der Waals surface area contributed by atoms with Crippen molar-refractivity contribution in [3.8, 4) is 0 Å². The highest BCUT2D eigenvalue weighted by molar-refractivity contribution is 7.92. The molecular weight excluding hydrogens is 286 g/mol. The summed E-state index contributed by atoms with van der Waals surface area (Å²) in [6.07, 6.45) is 0. The lowest BCUT2D eigenvalue weighted by Crippen LogP contribution is -2.15. The molecule has 0 saturated carbocycles. The fourth-order valence-electron chi connectivity index (χ4n) is 1.73. The Bertz CT molecular complexity index is 741. The van der Waals surface area contributed by atoms with E-state index in [4.69, 9.17) is 5.73 Å². The maximum Gasteiger partial charge on any atom is 0.262 e. The summed E-state index contributed by atoms with van der Waals surface area (Å²) >= 11 is 0. The van der Waals surface area contributed by atoms with E-state index in [1.54, 1.807) is 19.1 Å². The second-order valence-corrected chi connectivity index (χ2v) is 5.94. The van der Waals surface area contributed by atoms with Crippen LogP contribution in [0.25, 0.3) is 0 Å². The molecule has 0 aliphatic rings. The van der Waals surface area contributed by atoms with Crippen LogP contribution in [0.15, 0.2) is 41.3 Å². The fraction of sp³-hybridized carbons (Fsp3) is 0.0769. The van der Waals surface area contributed by atoms with Crippen molar-refractivity contribution in [2.75, 3.05) is 10.5 Å². The SMILES string of the molecule is Cc1ccc(N)cc1S(=O)(=O)Nc1cc(F)cc(F)c1. The van der Waals surface area contributed by atoms with Gasteiger partial charge in [-0.05, 0) is 36.8 Å². The first-order chi connectivity index (χ1) is 9.28. The number of hydrogen-bond donors (Lipinski definition) is 2. The van der Waals surface area contributed by atoms with E-state index < -0.39 is 21.7 Å². The molecule has 0 spiro atoms. The highest BCUT2D eigenvalue weighted by Crippen LogP contribution is 2.22. The van der Waals surface area contributed by atoms with Crippen LogP contribution in [0, 0.1) is 18.6 Å². The number of aryl methyl sites for hydroxylation is 1. The van der Waals surface area contributed by atoms with Crippen LogP contribution in [0.3, 0.4) is 0 Å². The molecule has 0 bridgehead atoms. The third kappa shape index (κ3) is 3.05. The van der Waals surface area contributed by atoms with Crippen molar-refractivity contribution in [3.63, 3.8) is 0 Å². The van der Waals surface area contributed by atoms with Gasteiger partial charge in [-0.2, -0.15) is 0 Å². The van der Waals surface area contributed by atoms with E-state index in [2.05, 4.69) is 4.72 Å². The molecule has 2 rings (SSSR count). The predicted molar refractivity (Wildman–Crippen MR) is 72.8 cm³/mol. The molecule has 7 heteroatoms. The van der Waals surface area contributed by atoms with Crippen molar-refractivity contribution in [3.05, 3.63) is 53.6 Å². The van der Waals surface area contributed by atoms with Crippen LogP contribution in [0.4, 0.5) is 20.2 Å². The molecule has 3 N–H and O–H groups in total. The molecule has 0 radical (unpaired) electrons. The Morgan fingerprint density at radius 3 is 2.25 bits per heavy atom. The molecule has 0 atom stereocenters. The molecule has 0 aliphatic heterocycles. The van der Waals surface area contributed by atoms with Gasteiger partial charge < -0.3 is 5.73 Å². The van der Waals surface area contributed by atoms with Gasteiger partial charge in [-0.25, -0.2) is 17.2 Å². The molecule has 0 aliphatic carbocycles. The van der Waals surface area contributed by atoms with E-state index in [-0.39, 0.29) is 16.3 Å². The molecule has 2 aromatic rings. The predicted octanol–water partition coefficient (Wildman–Crippen LogP) is 2.66. The zero-order valence-corrected chi connectivity index (χ0v) is 11.3. The first kappa shape index (κ1) is 14.3. The highest BCUT2D eigenvalue weighted by Gasteiger charge is 2.18. The molecule has 0 heterocycles. The van der Waals surface area contributed by atoms with Gasteiger partial charge in [0.25, 0.3) is 10.0 Å². The average molecular weight is 298 g/mol. The lowest BCUT2D eigenvalue weighted by Gasteiger charge is -2.11. The Balaban J connectivity index is 2.43. The molecule has 0 amide bonds. The number of halogens is 2. The van der Waals surface area contributed by atoms with Gasteiger partial charge in [-0.15, -0.1) is 0 Å². The first-order valence-corrected chi connectivity index (χ1v) is 7.11. The van der Waals surface area contributed by atoms with Crippen LogP contribution in [0.1, 0.15) is 5.56 Å². The summed E-state index contributed by atoms with van der Waals surface area (Å²) in [6, 6.07) is 6.84. The van der Waals surface area contributed by atoms with Gasteiger partial charge in [0.15, 0.2) is 0 Å². The standard InChI is InChI=1S/C13H12F2N2O2S/c1-8-2-3-11(16)7-13(8)20(18,19)17-12-5-9(14)4-10(15)6-12/h2-7,17H,16H2,1H3. The van der Waals surface area contributed by atoms with Crippen LogP contribution in [0.5, 0.6) is 0 Å². The largest absolute Gasteiger partial charge is 0.399 e. The first-order valence-electron chi connectivity index (χ1n) is 5.63. The zero-order chi connectivity index (χ0) is 14.9. The fourth-order valence-corrected chi connectivity index (χ4v) is 3.05. The van der Waals surface area contributed by atoms with Crippen molar-refractivity contribution >= 4 is 21.4 Å². The van der Waals surface area contributed by atoms with Crippen LogP contribution in [0.2, 0.25) is 0 Å². The lowest BCUT2D eigenvalue weighted by molar-refractivity contribution is 0.584. The van der Waals surface area contributed by atoms with Gasteiger partial charge in [0.1, 0.15) is 11.6 Å². The van der Waals surface area contributed by atoms with E-state index in [1.165, 1.54) is 6.07 Å². The van der Waals surface area contributed by atoms with Gasteiger partial charge in [0, 0.05) is 11.8 Å². The van der Waals surface area contributed by atoms with Gasteiger partial charge >= 0.3 is 0 Å². The number of hydrogen-bond acceptors (Lipinski definition) is 3. The van der Waals surface area contributed by atoms with Crippen LogP contribution >= 0.6 is 0 Å². The highest BCUT2D eigenvalue weighted by atomic mass is 32.2. The second kappa shape index (κ2) is 5.09. The maximum absolute atomic E-state index is 13.1. The van der Waals surface area contributed by atoms with E-state index in [9.17, 15) is 17.2 Å². The molecule has 0 unspecified atom stereocenters. The van der Waals surface area contributed by atoms with E-state index in [1.807, 2.05) is 0 Å². The van der Waals surface area contributed by atoms with Gasteiger partial charge in [-0.3, -0.25) is 4.72 Å². The molecular formula is C13H12F2N2O2S. The lowest BCUT2D eigenvalue weighted by atomic mass is 10.2. The topological polar surface area (TPSA) is 72.2 Å². The molecule has 0 saturated heterocycles. The molecule has 2 aromatic carbocycles. The quantitative estimate of drug-likeness (QED) is 0.856. The third-order valence-corrected chi connectivity index (χ3v) is 4.14. The van der Waals surface area contributed by atoms with Crippen LogP contribution < -0.4 is 10.5 Å². The van der Waals surface area contributed by atoms with Crippen molar-refractivity contribution in [2.45, 2.75) is 11.8 Å². The summed E-state index contributed by atoms with van der Waals surface area (Å²) in [6.45, 7) is 1.60. The number of nitrogens with two attached hydrogens (primary N) is 1. The van der Waals surface area contributed by atoms with Crippen LogP contribution in [-0.2, 0) is 10.0 Å². The molecule has 106 valence electrons. The summed E-state index contributed by atoms with van der Waals surface area (Å²) in [5.41, 5.74) is 6.12. The number of nitrogens with one attached hydrogen (secondary N) is 1. The summed E-state index contributed by atoms with van der Waals surface area (Å²) in [7, 11) is -3.96. The Hall–Kier alpha value is -2.15. The van der Waals surface area contributed by atoms with E-state index in [0.29, 0.717) is 11.6 Å². The average Bonchev–Trinajstić information content (AvgIpc) is 2.30. The molecule has 0 fully saturated rings. The van der Waals surface area contributed by atoms with Crippen molar-refractivity contribution < 1.29 is 17.2 Å². The normalized spacial score (nSPS) is 11.3. The minimum atomic E-state index is -3.96. The minimum Gasteiger partial charge on any atom is -0.399 e. The number of benzene rings is 2. The monoisotopic (exact) mass is 298 g/mol. The van der Waals surface area contributed by atoms with Crippen molar-refractivity contribution in [1.82, 2.24) is 0 Å². The Morgan fingerprint density at radius 1 is 1.05 bits per heavy atom. The minimum absolute atomic E-state index is 0.0397. The number of anilines is 2. The van der Waals surface area contributed by atoms with Crippen LogP contribution in [-0.4, -0.2) is 8.42 Å². The molecule has 0 aromatic heterocycles. The van der Waals surface area contributed by atoms with E-state index >= 15 is 0 Å². The third-order valence-electron chi connectivity index (χ3n) is 2.62. The number of nitrogen functional groups attached to an aromatic ring is 1. The summed E-state index contributed by atoms with van der Waals surface area (Å²) in [4.78, 5) is -0.0397. The Kier molecular flexibility index (Phi) is 3.63. The van der Waals surface area contributed by atoms with Gasteiger partial charge in [0.2, 0.25) is 0 Å². The molecule has 20 heavy (non-hydrogen) atoms. The van der Waals surface area contributed by atoms with Crippen molar-refractivity contribution in [2.24, 2.45) is 0 Å². The Morgan fingerprint density at radius 2 is 1.65 bits per heavy atom. The molecule has 4 nitrogen and oxygen atoms in total. The van der Waals surface area contributed by atoms with Crippen molar-refractivity contribution in [1.29, 1.82) is 0 Å². The number of rotatable bonds is 3. The van der Waals surface area contributed by atoms with Gasteiger partial charge in [0.05, 0.1) is 10.6 Å². The Labute approximate surface area is 115 Å². The van der Waals surface area contributed by atoms with E-state index in [0.717, 1.165) is 12.1 Å². The second-order valence-electron chi connectivity index (χ2n) is 4.29. The zero-order valence-electron chi connectivity index (χ0n) is 10.5. The summed E-state index contributed by atoms with van der Waals surface area (Å²) < 4.78 is 52.6.